The lowest BCUT2D eigenvalue weighted by Crippen LogP contribution is -2.50. The van der Waals surface area contributed by atoms with E-state index in [1.807, 2.05) is 5.32 Å². The number of nitrogens with zero attached hydrogens (tertiary/aromatic N) is 1. The first-order valence-electron chi connectivity index (χ1n) is 6.12. The minimum Gasteiger partial charge on any atom is -0.481 e. The van der Waals surface area contributed by atoms with Gasteiger partial charge in [0.15, 0.2) is 0 Å². The van der Waals surface area contributed by atoms with Gasteiger partial charge in [0.05, 0.1) is 0 Å². The molecule has 1 rings (SSSR count). The Kier molecular flexibility index (Phi) is 5.44. The molecule has 1 fully saturated rings. The van der Waals surface area contributed by atoms with Crippen molar-refractivity contribution in [1.29, 1.82) is 0 Å². The minimum atomic E-state index is -4.44. The molecule has 0 aromatic heterocycles. The summed E-state index contributed by atoms with van der Waals surface area (Å²) in [6, 6.07) is -1.06. The second-order valence-electron chi connectivity index (χ2n) is 4.55. The average Bonchev–Trinajstić information content (AvgIpc) is 2.33. The molecule has 1 unspecified atom stereocenters. The van der Waals surface area contributed by atoms with E-state index in [4.69, 9.17) is 5.11 Å². The third-order valence-corrected chi connectivity index (χ3v) is 3.02. The number of hydrogen-bond donors (Lipinski definition) is 2. The molecule has 0 aromatic carbocycles. The maximum atomic E-state index is 12.0. The van der Waals surface area contributed by atoms with E-state index in [9.17, 15) is 22.8 Å². The number of piperidine rings is 1. The largest absolute Gasteiger partial charge is 0.481 e. The van der Waals surface area contributed by atoms with Gasteiger partial charge in [0, 0.05) is 19.0 Å². The number of carboxylic acids is 1. The van der Waals surface area contributed by atoms with E-state index in [1.165, 1.54) is 4.90 Å². The van der Waals surface area contributed by atoms with Crippen LogP contribution >= 0.6 is 0 Å². The number of carbonyl (C=O) groups is 2. The summed E-state index contributed by atoms with van der Waals surface area (Å²) in [5, 5.41) is 10.4. The Balaban J connectivity index is 2.50. The van der Waals surface area contributed by atoms with Crippen LogP contribution in [0, 0.1) is 0 Å². The summed E-state index contributed by atoms with van der Waals surface area (Å²) in [7, 11) is 0. The van der Waals surface area contributed by atoms with Gasteiger partial charge in [-0.25, -0.2) is 4.79 Å². The summed E-state index contributed by atoms with van der Waals surface area (Å²) in [6.07, 6.45) is -2.05. The van der Waals surface area contributed by atoms with E-state index in [2.05, 4.69) is 0 Å². The zero-order valence-corrected chi connectivity index (χ0v) is 10.4. The van der Waals surface area contributed by atoms with Crippen LogP contribution in [-0.2, 0) is 4.79 Å². The molecule has 0 bridgehead atoms. The van der Waals surface area contributed by atoms with Gasteiger partial charge in [-0.05, 0) is 25.7 Å². The van der Waals surface area contributed by atoms with Gasteiger partial charge in [0.1, 0.15) is 6.54 Å². The van der Waals surface area contributed by atoms with E-state index in [0.29, 0.717) is 13.0 Å². The molecular formula is C11H17F3N2O3. The van der Waals surface area contributed by atoms with Crippen molar-refractivity contribution in [1.82, 2.24) is 10.2 Å². The fourth-order valence-corrected chi connectivity index (χ4v) is 2.14. The Morgan fingerprint density at radius 1 is 1.32 bits per heavy atom. The third kappa shape index (κ3) is 5.80. The molecule has 0 radical (unpaired) electrons. The molecule has 0 aliphatic carbocycles. The molecule has 0 aromatic rings. The molecule has 8 heteroatoms. The number of urea groups is 1. The van der Waals surface area contributed by atoms with E-state index in [0.717, 1.165) is 12.8 Å². The molecule has 0 saturated carbocycles. The standard InChI is InChI=1S/C11H17F3N2O3/c12-11(13,14)7-15-10(19)16-6-2-1-3-8(16)4-5-9(17)18/h8H,1-7H2,(H,15,19)(H,17,18). The van der Waals surface area contributed by atoms with Crippen molar-refractivity contribution < 1.29 is 27.9 Å². The SMILES string of the molecule is O=C(O)CCC1CCCCN1C(=O)NCC(F)(F)F. The molecule has 1 atom stereocenters. The first kappa shape index (κ1) is 15.6. The first-order valence-corrected chi connectivity index (χ1v) is 6.12. The Morgan fingerprint density at radius 2 is 2.00 bits per heavy atom. The Labute approximate surface area is 108 Å². The molecular weight excluding hydrogens is 265 g/mol. The zero-order chi connectivity index (χ0) is 14.5. The highest BCUT2D eigenvalue weighted by molar-refractivity contribution is 5.75. The Morgan fingerprint density at radius 3 is 2.58 bits per heavy atom. The highest BCUT2D eigenvalue weighted by Gasteiger charge is 2.31. The summed E-state index contributed by atoms with van der Waals surface area (Å²) in [6.45, 7) is -0.998. The fraction of sp³-hybridized carbons (Fsp3) is 0.818. The molecule has 1 saturated heterocycles. The molecule has 0 spiro atoms. The van der Waals surface area contributed by atoms with Gasteiger partial charge in [-0.3, -0.25) is 4.79 Å². The van der Waals surface area contributed by atoms with Crippen LogP contribution in [0.2, 0.25) is 0 Å². The number of carbonyl (C=O) groups excluding carboxylic acids is 1. The summed E-state index contributed by atoms with van der Waals surface area (Å²) in [5.74, 6) is -0.971. The highest BCUT2D eigenvalue weighted by Crippen LogP contribution is 2.21. The predicted molar refractivity (Wildman–Crippen MR) is 60.7 cm³/mol. The van der Waals surface area contributed by atoms with Crippen LogP contribution in [0.5, 0.6) is 0 Å². The van der Waals surface area contributed by atoms with Crippen molar-refractivity contribution in [2.75, 3.05) is 13.1 Å². The molecule has 19 heavy (non-hydrogen) atoms. The second kappa shape index (κ2) is 6.63. The number of amides is 2. The van der Waals surface area contributed by atoms with Crippen molar-refractivity contribution in [2.45, 2.75) is 44.3 Å². The number of halogens is 3. The van der Waals surface area contributed by atoms with E-state index in [1.54, 1.807) is 0 Å². The van der Waals surface area contributed by atoms with Gasteiger partial charge in [-0.1, -0.05) is 0 Å². The quantitative estimate of drug-likeness (QED) is 0.828. The van der Waals surface area contributed by atoms with Crippen molar-refractivity contribution >= 4 is 12.0 Å². The first-order chi connectivity index (χ1) is 8.79. The zero-order valence-electron chi connectivity index (χ0n) is 10.4. The van der Waals surface area contributed by atoms with E-state index < -0.39 is 24.7 Å². The Bertz CT molecular complexity index is 334. The molecule has 1 aliphatic rings. The lowest BCUT2D eigenvalue weighted by Gasteiger charge is -2.35. The van der Waals surface area contributed by atoms with Gasteiger partial charge >= 0.3 is 18.2 Å². The molecule has 5 nitrogen and oxygen atoms in total. The maximum absolute atomic E-state index is 12.0. The van der Waals surface area contributed by atoms with Gasteiger partial charge in [0.2, 0.25) is 0 Å². The molecule has 2 N–H and O–H groups in total. The smallest absolute Gasteiger partial charge is 0.405 e. The topological polar surface area (TPSA) is 69.6 Å². The molecule has 2 amide bonds. The lowest BCUT2D eigenvalue weighted by molar-refractivity contribution is -0.137. The molecule has 110 valence electrons. The number of nitrogens with one attached hydrogen (secondary N) is 1. The van der Waals surface area contributed by atoms with Gasteiger partial charge < -0.3 is 15.3 Å². The Hall–Kier alpha value is -1.47. The number of rotatable bonds is 4. The van der Waals surface area contributed by atoms with Crippen LogP contribution in [-0.4, -0.2) is 47.3 Å². The van der Waals surface area contributed by atoms with Crippen LogP contribution in [0.3, 0.4) is 0 Å². The number of likely N-dealkylation sites (tertiary alicyclic amines) is 1. The number of aliphatic carboxylic acids is 1. The van der Waals surface area contributed by atoms with Crippen molar-refractivity contribution in [3.05, 3.63) is 0 Å². The minimum absolute atomic E-state index is 0.0896. The monoisotopic (exact) mass is 282 g/mol. The van der Waals surface area contributed by atoms with Crippen LogP contribution in [0.4, 0.5) is 18.0 Å². The van der Waals surface area contributed by atoms with Crippen LogP contribution in [0.15, 0.2) is 0 Å². The fourth-order valence-electron chi connectivity index (χ4n) is 2.14. The summed E-state index contributed by atoms with van der Waals surface area (Å²) in [4.78, 5) is 23.5. The summed E-state index contributed by atoms with van der Waals surface area (Å²) >= 11 is 0. The average molecular weight is 282 g/mol. The number of hydrogen-bond acceptors (Lipinski definition) is 2. The second-order valence-corrected chi connectivity index (χ2v) is 4.55. The van der Waals surface area contributed by atoms with Crippen LogP contribution < -0.4 is 5.32 Å². The predicted octanol–water partition coefficient (Wildman–Crippen LogP) is 1.98. The lowest BCUT2D eigenvalue weighted by atomic mass is 9.98. The third-order valence-electron chi connectivity index (χ3n) is 3.02. The maximum Gasteiger partial charge on any atom is 0.405 e. The van der Waals surface area contributed by atoms with E-state index in [-0.39, 0.29) is 18.9 Å². The van der Waals surface area contributed by atoms with Crippen LogP contribution in [0.25, 0.3) is 0 Å². The highest BCUT2D eigenvalue weighted by atomic mass is 19.4. The van der Waals surface area contributed by atoms with Gasteiger partial charge in [-0.15, -0.1) is 0 Å². The number of alkyl halides is 3. The summed E-state index contributed by atoms with van der Waals surface area (Å²) < 4.78 is 36.1. The normalized spacial score (nSPS) is 20.2. The van der Waals surface area contributed by atoms with Crippen molar-refractivity contribution in [3.8, 4) is 0 Å². The summed E-state index contributed by atoms with van der Waals surface area (Å²) in [5.41, 5.74) is 0. The number of carboxylic acid groups (broad SMARTS) is 1. The van der Waals surface area contributed by atoms with Gasteiger partial charge in [0.25, 0.3) is 0 Å². The van der Waals surface area contributed by atoms with Crippen molar-refractivity contribution in [3.63, 3.8) is 0 Å². The van der Waals surface area contributed by atoms with Crippen molar-refractivity contribution in [2.24, 2.45) is 0 Å². The van der Waals surface area contributed by atoms with E-state index >= 15 is 0 Å². The van der Waals surface area contributed by atoms with Crippen LogP contribution in [0.1, 0.15) is 32.1 Å². The molecule has 1 aliphatic heterocycles. The van der Waals surface area contributed by atoms with Gasteiger partial charge in [-0.2, -0.15) is 13.2 Å². The molecule has 1 heterocycles.